The summed E-state index contributed by atoms with van der Waals surface area (Å²) >= 11 is 0. The Labute approximate surface area is 196 Å². The lowest BCUT2D eigenvalue weighted by Crippen LogP contribution is -2.38. The Morgan fingerprint density at radius 1 is 1.21 bits per heavy atom. The van der Waals surface area contributed by atoms with Crippen molar-refractivity contribution in [2.75, 3.05) is 18.9 Å². The second-order valence-electron chi connectivity index (χ2n) is 9.22. The highest BCUT2D eigenvalue weighted by molar-refractivity contribution is 6.07. The molecule has 10 heteroatoms. The van der Waals surface area contributed by atoms with Crippen LogP contribution >= 0.6 is 0 Å². The Hall–Kier alpha value is -3.92. The largest absolute Gasteiger partial charge is 0.389 e. The summed E-state index contributed by atoms with van der Waals surface area (Å²) in [5, 5.41) is 24.4. The summed E-state index contributed by atoms with van der Waals surface area (Å²) in [6.45, 7) is 3.39. The predicted molar refractivity (Wildman–Crippen MR) is 128 cm³/mol. The number of rotatable bonds is 7. The normalized spacial score (nSPS) is 13.9. The van der Waals surface area contributed by atoms with Crippen molar-refractivity contribution in [3.63, 3.8) is 0 Å². The average molecular weight is 462 g/mol. The van der Waals surface area contributed by atoms with E-state index in [0.29, 0.717) is 28.4 Å². The Bertz CT molecular complexity index is 1410. The number of aromatic nitrogens is 4. The minimum Gasteiger partial charge on any atom is -0.389 e. The summed E-state index contributed by atoms with van der Waals surface area (Å²) in [5.41, 5.74) is 1.80. The van der Waals surface area contributed by atoms with Gasteiger partial charge in [0.2, 0.25) is 0 Å². The zero-order valence-electron chi connectivity index (χ0n) is 19.3. The lowest BCUT2D eigenvalue weighted by atomic mass is 10.1. The molecule has 176 valence electrons. The monoisotopic (exact) mass is 461 g/mol. The van der Waals surface area contributed by atoms with Crippen LogP contribution in [0.1, 0.15) is 47.5 Å². The smallest absolute Gasteiger partial charge is 0.271 e. The lowest BCUT2D eigenvalue weighted by molar-refractivity contribution is 0.0695. The highest BCUT2D eigenvalue weighted by Crippen LogP contribution is 2.27. The first-order valence-corrected chi connectivity index (χ1v) is 11.2. The third-order valence-corrected chi connectivity index (χ3v) is 5.75. The number of benzene rings is 1. The van der Waals surface area contributed by atoms with Crippen molar-refractivity contribution >= 4 is 34.1 Å². The van der Waals surface area contributed by atoms with E-state index in [9.17, 15) is 14.7 Å². The lowest BCUT2D eigenvalue weighted by Gasteiger charge is -2.17. The van der Waals surface area contributed by atoms with E-state index >= 15 is 0 Å². The Morgan fingerprint density at radius 3 is 2.68 bits per heavy atom. The van der Waals surface area contributed by atoms with Crippen molar-refractivity contribution in [3.05, 3.63) is 54.0 Å². The molecular weight excluding hydrogens is 434 g/mol. The summed E-state index contributed by atoms with van der Waals surface area (Å²) in [6.07, 6.45) is 5.21. The van der Waals surface area contributed by atoms with E-state index in [2.05, 4.69) is 20.9 Å². The first-order valence-electron chi connectivity index (χ1n) is 11.2. The maximum atomic E-state index is 13.0. The summed E-state index contributed by atoms with van der Waals surface area (Å²) < 4.78 is 3.35. The van der Waals surface area contributed by atoms with Crippen LogP contribution in [0.15, 0.2) is 42.7 Å². The van der Waals surface area contributed by atoms with Crippen molar-refractivity contribution in [3.8, 4) is 5.82 Å². The second-order valence-corrected chi connectivity index (χ2v) is 9.22. The molecule has 4 aromatic rings. The molecule has 0 saturated heterocycles. The maximum absolute atomic E-state index is 13.0. The Kier molecular flexibility index (Phi) is 5.24. The SMILES string of the molecule is CNc1cc(-n2cc(C(=O)NCC(C)(C)O)c3ccccc32)nn2c(C(=O)NC3CC3)cnc12. The van der Waals surface area contributed by atoms with Crippen molar-refractivity contribution in [1.29, 1.82) is 0 Å². The summed E-state index contributed by atoms with van der Waals surface area (Å²) in [4.78, 5) is 30.1. The number of aliphatic hydroxyl groups is 1. The molecule has 0 aliphatic heterocycles. The Balaban J connectivity index is 1.61. The van der Waals surface area contributed by atoms with Crippen molar-refractivity contribution < 1.29 is 14.7 Å². The molecule has 3 aromatic heterocycles. The predicted octanol–water partition coefficient (Wildman–Crippen LogP) is 2.11. The van der Waals surface area contributed by atoms with Crippen LogP contribution in [-0.4, -0.2) is 61.3 Å². The van der Waals surface area contributed by atoms with Gasteiger partial charge in [0.25, 0.3) is 11.8 Å². The molecule has 0 atom stereocenters. The van der Waals surface area contributed by atoms with Gasteiger partial charge in [0.15, 0.2) is 17.2 Å². The van der Waals surface area contributed by atoms with Crippen molar-refractivity contribution in [2.45, 2.75) is 38.3 Å². The van der Waals surface area contributed by atoms with Crippen molar-refractivity contribution in [2.24, 2.45) is 0 Å². The van der Waals surface area contributed by atoms with E-state index in [4.69, 9.17) is 5.10 Å². The van der Waals surface area contributed by atoms with Gasteiger partial charge in [-0.15, -0.1) is 5.10 Å². The molecule has 10 nitrogen and oxygen atoms in total. The van der Waals surface area contributed by atoms with Crippen LogP contribution < -0.4 is 16.0 Å². The molecule has 34 heavy (non-hydrogen) atoms. The van der Waals surface area contributed by atoms with E-state index in [1.54, 1.807) is 27.1 Å². The average Bonchev–Trinajstić information content (AvgIpc) is 3.38. The van der Waals surface area contributed by atoms with E-state index in [1.807, 2.05) is 34.9 Å². The number of nitrogens with zero attached hydrogens (tertiary/aromatic N) is 4. The number of imidazole rings is 1. The zero-order chi connectivity index (χ0) is 24.0. The fourth-order valence-corrected chi connectivity index (χ4v) is 3.84. The van der Waals surface area contributed by atoms with Crippen LogP contribution in [0.2, 0.25) is 0 Å². The maximum Gasteiger partial charge on any atom is 0.271 e. The molecule has 0 unspecified atom stereocenters. The second kappa shape index (κ2) is 8.14. The molecule has 3 heterocycles. The number of carbonyl (C=O) groups excluding carboxylic acids is 2. The van der Waals surface area contributed by atoms with Gasteiger partial charge in [0.1, 0.15) is 0 Å². The van der Waals surface area contributed by atoms with E-state index in [0.717, 1.165) is 23.7 Å². The van der Waals surface area contributed by atoms with Gasteiger partial charge in [0, 0.05) is 37.3 Å². The topological polar surface area (TPSA) is 126 Å². The molecule has 1 aliphatic rings. The van der Waals surface area contributed by atoms with Gasteiger partial charge >= 0.3 is 0 Å². The minimum atomic E-state index is -1.03. The molecular formula is C24H27N7O3. The van der Waals surface area contributed by atoms with Crippen LogP contribution in [0.4, 0.5) is 5.69 Å². The van der Waals surface area contributed by atoms with E-state index in [-0.39, 0.29) is 24.4 Å². The van der Waals surface area contributed by atoms with Gasteiger partial charge in [-0.1, -0.05) is 18.2 Å². The molecule has 0 bridgehead atoms. The highest BCUT2D eigenvalue weighted by Gasteiger charge is 2.26. The molecule has 1 aromatic carbocycles. The molecule has 0 spiro atoms. The highest BCUT2D eigenvalue weighted by atomic mass is 16.3. The quantitative estimate of drug-likeness (QED) is 0.334. The number of hydrogen-bond acceptors (Lipinski definition) is 6. The number of amides is 2. The van der Waals surface area contributed by atoms with E-state index < -0.39 is 5.60 Å². The first-order chi connectivity index (χ1) is 16.2. The number of hydrogen-bond donors (Lipinski definition) is 4. The molecule has 1 fully saturated rings. The fourth-order valence-electron chi connectivity index (χ4n) is 3.84. The summed E-state index contributed by atoms with van der Waals surface area (Å²) in [6, 6.07) is 9.57. The minimum absolute atomic E-state index is 0.119. The summed E-state index contributed by atoms with van der Waals surface area (Å²) in [5.74, 6) is 0.0120. The molecule has 1 saturated carbocycles. The third kappa shape index (κ3) is 4.08. The van der Waals surface area contributed by atoms with Crippen molar-refractivity contribution in [1.82, 2.24) is 29.8 Å². The molecule has 2 amide bonds. The number of fused-ring (bicyclic) bond motifs is 2. The zero-order valence-corrected chi connectivity index (χ0v) is 19.3. The van der Waals surface area contributed by atoms with E-state index in [1.165, 1.54) is 10.7 Å². The van der Waals surface area contributed by atoms with Gasteiger partial charge in [-0.25, -0.2) is 9.50 Å². The number of para-hydroxylation sites is 1. The van der Waals surface area contributed by atoms with Crippen LogP contribution in [-0.2, 0) is 0 Å². The number of anilines is 1. The van der Waals surface area contributed by atoms with Crippen LogP contribution in [0, 0.1) is 0 Å². The first kappa shape index (κ1) is 21.9. The van der Waals surface area contributed by atoms with Crippen LogP contribution in [0.25, 0.3) is 22.4 Å². The van der Waals surface area contributed by atoms with Crippen LogP contribution in [0.3, 0.4) is 0 Å². The Morgan fingerprint density at radius 2 is 1.97 bits per heavy atom. The standard InChI is InChI=1S/C24H27N7O3/c1-24(2,34)13-27-22(32)16-12-30(18-7-5-4-6-15(16)18)20-10-17(25-3)21-26-11-19(31(21)29-20)23(33)28-14-8-9-14/h4-7,10-12,14,25,34H,8-9,13H2,1-3H3,(H,27,32)(H,28,33). The molecule has 5 rings (SSSR count). The molecule has 1 aliphatic carbocycles. The molecule has 4 N–H and O–H groups in total. The van der Waals surface area contributed by atoms with Gasteiger partial charge in [-0.2, -0.15) is 0 Å². The number of nitrogens with one attached hydrogen (secondary N) is 3. The number of carbonyl (C=O) groups is 2. The van der Waals surface area contributed by atoms with Crippen LogP contribution in [0.5, 0.6) is 0 Å². The van der Waals surface area contributed by atoms with Gasteiger partial charge in [-0.3, -0.25) is 14.2 Å². The summed E-state index contributed by atoms with van der Waals surface area (Å²) in [7, 11) is 1.78. The van der Waals surface area contributed by atoms with Gasteiger partial charge in [0.05, 0.1) is 28.6 Å². The van der Waals surface area contributed by atoms with Gasteiger partial charge in [-0.05, 0) is 32.8 Å². The molecule has 0 radical (unpaired) electrons. The van der Waals surface area contributed by atoms with Gasteiger partial charge < -0.3 is 21.1 Å². The fraction of sp³-hybridized carbons (Fsp3) is 0.333. The third-order valence-electron chi connectivity index (χ3n) is 5.75.